The molecule has 0 amide bonds. The van der Waals surface area contributed by atoms with Crippen LogP contribution in [0.2, 0.25) is 0 Å². The lowest BCUT2D eigenvalue weighted by Gasteiger charge is -2.00. The molecule has 0 saturated carbocycles. The zero-order valence-corrected chi connectivity index (χ0v) is 9.72. The highest BCUT2D eigenvalue weighted by Crippen LogP contribution is 2.32. The number of hydrogen-bond donors (Lipinski definition) is 1. The molecule has 0 fully saturated rings. The van der Waals surface area contributed by atoms with Crippen LogP contribution in [-0.4, -0.2) is 17.5 Å². The number of fused-ring (bicyclic) bond motifs is 1. The van der Waals surface area contributed by atoms with Crippen LogP contribution < -0.4 is 4.74 Å². The van der Waals surface area contributed by atoms with E-state index in [1.54, 1.807) is 18.2 Å². The molecule has 3 heteroatoms. The Balaban J connectivity index is 1.84. The first-order chi connectivity index (χ1) is 8.78. The lowest BCUT2D eigenvalue weighted by Crippen LogP contribution is -1.99. The molecule has 0 bridgehead atoms. The molecule has 0 spiro atoms. The second kappa shape index (κ2) is 4.27. The maximum Gasteiger partial charge on any atom is 0.231 e. The minimum absolute atomic E-state index is 0.0538. The van der Waals surface area contributed by atoms with Gasteiger partial charge in [-0.15, -0.1) is 0 Å². The summed E-state index contributed by atoms with van der Waals surface area (Å²) in [4.78, 5) is 12.0. The van der Waals surface area contributed by atoms with Crippen LogP contribution >= 0.6 is 0 Å². The molecule has 0 aromatic heterocycles. The van der Waals surface area contributed by atoms with E-state index < -0.39 is 0 Å². The number of aliphatic hydroxyl groups excluding tert-OH is 1. The number of hydrogen-bond acceptors (Lipinski definition) is 3. The van der Waals surface area contributed by atoms with E-state index in [4.69, 9.17) is 9.84 Å². The molecule has 90 valence electrons. The number of allylic oxidation sites excluding steroid dienone is 5. The van der Waals surface area contributed by atoms with E-state index in [2.05, 4.69) is 0 Å². The largest absolute Gasteiger partial charge is 0.452 e. The Kier molecular flexibility index (Phi) is 2.61. The van der Waals surface area contributed by atoms with E-state index in [-0.39, 0.29) is 12.4 Å². The molecule has 1 aromatic rings. The van der Waals surface area contributed by atoms with E-state index in [0.29, 0.717) is 23.5 Å². The van der Waals surface area contributed by atoms with Crippen molar-refractivity contribution in [3.63, 3.8) is 0 Å². The summed E-state index contributed by atoms with van der Waals surface area (Å²) in [5.41, 5.74) is 2.54. The Morgan fingerprint density at radius 2 is 2.11 bits per heavy atom. The van der Waals surface area contributed by atoms with Gasteiger partial charge in [0.05, 0.1) is 12.2 Å². The van der Waals surface area contributed by atoms with Crippen LogP contribution in [0.15, 0.2) is 59.4 Å². The smallest absolute Gasteiger partial charge is 0.231 e. The van der Waals surface area contributed by atoms with E-state index in [1.807, 2.05) is 24.3 Å². The summed E-state index contributed by atoms with van der Waals surface area (Å²) in [7, 11) is 0. The zero-order valence-electron chi connectivity index (χ0n) is 9.72. The highest BCUT2D eigenvalue weighted by atomic mass is 16.5. The molecule has 3 nitrogen and oxygen atoms in total. The summed E-state index contributed by atoms with van der Waals surface area (Å²) in [6.07, 6.45) is 6.20. The van der Waals surface area contributed by atoms with E-state index in [1.165, 1.54) is 0 Å². The lowest BCUT2D eigenvalue weighted by molar-refractivity contribution is 0.101. The van der Waals surface area contributed by atoms with Crippen molar-refractivity contribution in [1.82, 2.24) is 0 Å². The molecule has 0 unspecified atom stereocenters. The summed E-state index contributed by atoms with van der Waals surface area (Å²) in [5.74, 6) is 0.890. The third-order valence-corrected chi connectivity index (χ3v) is 3.06. The molecular formula is C15H12O3. The lowest BCUT2D eigenvalue weighted by atomic mass is 10.1. The van der Waals surface area contributed by atoms with Crippen LogP contribution in [0, 0.1) is 0 Å². The fourth-order valence-corrected chi connectivity index (χ4v) is 2.12. The van der Waals surface area contributed by atoms with Crippen LogP contribution in [0.4, 0.5) is 0 Å². The van der Waals surface area contributed by atoms with Crippen molar-refractivity contribution in [2.75, 3.05) is 6.61 Å². The number of carbonyl (C=O) groups excluding carboxylic acids is 1. The number of rotatable bonds is 2. The summed E-state index contributed by atoms with van der Waals surface area (Å²) in [5, 5.41) is 9.02. The highest BCUT2D eigenvalue weighted by Gasteiger charge is 2.26. The third kappa shape index (κ3) is 1.79. The van der Waals surface area contributed by atoms with Gasteiger partial charge in [0.2, 0.25) is 5.78 Å². The fraction of sp³-hybridized carbons (Fsp3) is 0.133. The number of ketones is 1. The van der Waals surface area contributed by atoms with Crippen LogP contribution in [0.25, 0.3) is 0 Å². The van der Waals surface area contributed by atoms with Crippen molar-refractivity contribution in [3.05, 3.63) is 65.0 Å². The second-order valence-electron chi connectivity index (χ2n) is 4.34. The minimum Gasteiger partial charge on any atom is -0.452 e. The maximum absolute atomic E-state index is 12.0. The average molecular weight is 240 g/mol. The Bertz CT molecular complexity index is 606. The van der Waals surface area contributed by atoms with E-state index in [0.717, 1.165) is 11.1 Å². The highest BCUT2D eigenvalue weighted by molar-refractivity contribution is 6.12. The standard InChI is InChI=1S/C15H12O3/c16-9-11-6-5-10(7-11)8-14-15(17)12-3-1-2-4-13(12)18-14/h1-6,8,16H,7,9H2/b14-8-. The van der Waals surface area contributed by atoms with E-state index >= 15 is 0 Å². The molecule has 0 saturated heterocycles. The minimum atomic E-state index is -0.0797. The molecule has 3 rings (SSSR count). The van der Waals surface area contributed by atoms with Gasteiger partial charge in [0.25, 0.3) is 0 Å². The summed E-state index contributed by atoms with van der Waals surface area (Å²) in [6.45, 7) is 0.0538. The second-order valence-corrected chi connectivity index (χ2v) is 4.34. The number of benzene rings is 1. The van der Waals surface area contributed by atoms with Gasteiger partial charge in [0.15, 0.2) is 5.76 Å². The van der Waals surface area contributed by atoms with Crippen molar-refractivity contribution < 1.29 is 14.6 Å². The van der Waals surface area contributed by atoms with Gasteiger partial charge in [0, 0.05) is 0 Å². The number of aliphatic hydroxyl groups is 1. The quantitative estimate of drug-likeness (QED) is 0.807. The van der Waals surface area contributed by atoms with Gasteiger partial charge in [0.1, 0.15) is 5.75 Å². The Morgan fingerprint density at radius 3 is 2.83 bits per heavy atom. The molecule has 18 heavy (non-hydrogen) atoms. The first kappa shape index (κ1) is 11.0. The van der Waals surface area contributed by atoms with Crippen molar-refractivity contribution in [2.24, 2.45) is 0 Å². The number of Topliss-reactive ketones (excluding diaryl/α,β-unsaturated/α-hetero) is 1. The summed E-state index contributed by atoms with van der Waals surface area (Å²) >= 11 is 0. The normalized spacial score (nSPS) is 19.6. The molecule has 1 N–H and O–H groups in total. The van der Waals surface area contributed by atoms with Gasteiger partial charge in [-0.1, -0.05) is 24.3 Å². The number of carbonyl (C=O) groups is 1. The van der Waals surface area contributed by atoms with E-state index in [9.17, 15) is 4.79 Å². The van der Waals surface area contributed by atoms with Crippen molar-refractivity contribution in [1.29, 1.82) is 0 Å². The van der Waals surface area contributed by atoms with Gasteiger partial charge >= 0.3 is 0 Å². The Morgan fingerprint density at radius 1 is 1.28 bits per heavy atom. The van der Waals surface area contributed by atoms with Crippen LogP contribution in [0.1, 0.15) is 16.8 Å². The first-order valence-electron chi connectivity index (χ1n) is 5.80. The molecule has 1 aliphatic heterocycles. The molecule has 0 atom stereocenters. The fourth-order valence-electron chi connectivity index (χ4n) is 2.12. The molecular weight excluding hydrogens is 228 g/mol. The molecule has 1 aliphatic carbocycles. The predicted molar refractivity (Wildman–Crippen MR) is 67.4 cm³/mol. The molecule has 0 radical (unpaired) electrons. The average Bonchev–Trinajstić information content (AvgIpc) is 2.97. The third-order valence-electron chi connectivity index (χ3n) is 3.06. The zero-order chi connectivity index (χ0) is 12.5. The molecule has 1 aromatic carbocycles. The Labute approximate surface area is 105 Å². The van der Waals surface area contributed by atoms with Gasteiger partial charge < -0.3 is 9.84 Å². The van der Waals surface area contributed by atoms with Crippen molar-refractivity contribution >= 4 is 5.78 Å². The summed E-state index contributed by atoms with van der Waals surface area (Å²) in [6, 6.07) is 7.21. The number of para-hydroxylation sites is 1. The Hall–Kier alpha value is -2.13. The van der Waals surface area contributed by atoms with Gasteiger partial charge in [-0.2, -0.15) is 0 Å². The van der Waals surface area contributed by atoms with Crippen molar-refractivity contribution in [3.8, 4) is 5.75 Å². The van der Waals surface area contributed by atoms with Crippen molar-refractivity contribution in [2.45, 2.75) is 6.42 Å². The van der Waals surface area contributed by atoms with Gasteiger partial charge in [-0.25, -0.2) is 0 Å². The molecule has 2 aliphatic rings. The molecule has 1 heterocycles. The number of ether oxygens (including phenoxy) is 1. The van der Waals surface area contributed by atoms with Crippen LogP contribution in [0.5, 0.6) is 5.75 Å². The SMILES string of the molecule is O=C1/C(=C/C2=CC=C(CO)C2)Oc2ccccc21. The predicted octanol–water partition coefficient (Wildman–Crippen LogP) is 2.39. The first-order valence-corrected chi connectivity index (χ1v) is 5.80. The van der Waals surface area contributed by atoms with Gasteiger partial charge in [-0.05, 0) is 35.8 Å². The van der Waals surface area contributed by atoms with Crippen LogP contribution in [-0.2, 0) is 0 Å². The summed E-state index contributed by atoms with van der Waals surface area (Å²) < 4.78 is 5.54. The van der Waals surface area contributed by atoms with Gasteiger partial charge in [-0.3, -0.25) is 4.79 Å². The maximum atomic E-state index is 12.0. The topological polar surface area (TPSA) is 46.5 Å². The monoisotopic (exact) mass is 240 g/mol. The van der Waals surface area contributed by atoms with Crippen LogP contribution in [0.3, 0.4) is 0 Å².